The average molecular weight is 591 g/mol. The Kier molecular flexibility index (Phi) is 8.78. The SMILES string of the molecule is Cc1c(C(=O)Nc2ccc(S(N)(=O)=O)c(Cl)c2)cc(C[C@H](C)OCc2ccccc2)n1-c1ccc(F)cc1Cl. The first kappa shape index (κ1) is 28.8. The van der Waals surface area contributed by atoms with E-state index in [0.29, 0.717) is 30.0 Å². The van der Waals surface area contributed by atoms with Gasteiger partial charge in [0.05, 0.1) is 34.0 Å². The van der Waals surface area contributed by atoms with Gasteiger partial charge in [0.1, 0.15) is 10.7 Å². The van der Waals surface area contributed by atoms with Gasteiger partial charge in [0.2, 0.25) is 10.0 Å². The molecule has 4 rings (SSSR count). The zero-order valence-electron chi connectivity index (χ0n) is 21.1. The van der Waals surface area contributed by atoms with E-state index in [4.69, 9.17) is 33.1 Å². The van der Waals surface area contributed by atoms with Crippen LogP contribution in [-0.2, 0) is 27.8 Å². The molecule has 0 aliphatic rings. The lowest BCUT2D eigenvalue weighted by Gasteiger charge is -2.17. The minimum atomic E-state index is -4.01. The lowest BCUT2D eigenvalue weighted by Crippen LogP contribution is -2.15. The van der Waals surface area contributed by atoms with Crippen LogP contribution < -0.4 is 10.5 Å². The number of nitrogens with zero attached hydrogens (tertiary/aromatic N) is 1. The molecule has 3 aromatic carbocycles. The third-order valence-corrected chi connectivity index (χ3v) is 7.79. The summed E-state index contributed by atoms with van der Waals surface area (Å²) in [7, 11) is -4.01. The number of nitrogens with one attached hydrogen (secondary N) is 1. The molecule has 0 fully saturated rings. The number of sulfonamides is 1. The van der Waals surface area contributed by atoms with Crippen molar-refractivity contribution in [3.05, 3.63) is 111 Å². The molecule has 7 nitrogen and oxygen atoms in total. The monoisotopic (exact) mass is 589 g/mol. The van der Waals surface area contributed by atoms with E-state index in [1.54, 1.807) is 23.6 Å². The molecule has 1 aromatic heterocycles. The smallest absolute Gasteiger partial charge is 0.257 e. The number of nitrogens with two attached hydrogens (primary N) is 1. The Bertz CT molecular complexity index is 1630. The maximum Gasteiger partial charge on any atom is 0.257 e. The van der Waals surface area contributed by atoms with Crippen molar-refractivity contribution < 1.29 is 22.3 Å². The van der Waals surface area contributed by atoms with Crippen molar-refractivity contribution in [3.8, 4) is 5.69 Å². The summed E-state index contributed by atoms with van der Waals surface area (Å²) in [6, 6.07) is 19.5. The second-order valence-electron chi connectivity index (χ2n) is 9.02. The summed E-state index contributed by atoms with van der Waals surface area (Å²) in [6.45, 7) is 4.10. The van der Waals surface area contributed by atoms with E-state index in [1.165, 1.54) is 30.3 Å². The average Bonchev–Trinajstić information content (AvgIpc) is 3.18. The zero-order chi connectivity index (χ0) is 28.3. The van der Waals surface area contributed by atoms with Crippen LogP contribution in [0.15, 0.2) is 77.7 Å². The number of hydrogen-bond acceptors (Lipinski definition) is 4. The fourth-order valence-electron chi connectivity index (χ4n) is 4.22. The van der Waals surface area contributed by atoms with Crippen molar-refractivity contribution in [3.63, 3.8) is 0 Å². The molecular formula is C28H26Cl2FN3O4S. The van der Waals surface area contributed by atoms with Crippen LogP contribution in [-0.4, -0.2) is 25.0 Å². The first-order chi connectivity index (χ1) is 18.4. The molecule has 0 radical (unpaired) electrons. The molecule has 0 saturated heterocycles. The van der Waals surface area contributed by atoms with E-state index in [2.05, 4.69) is 5.32 Å². The summed E-state index contributed by atoms with van der Waals surface area (Å²) in [5, 5.41) is 7.97. The second kappa shape index (κ2) is 11.9. The van der Waals surface area contributed by atoms with Crippen LogP contribution in [0.5, 0.6) is 0 Å². The van der Waals surface area contributed by atoms with Gasteiger partial charge in [0.15, 0.2) is 0 Å². The van der Waals surface area contributed by atoms with Crippen LogP contribution in [0, 0.1) is 12.7 Å². The van der Waals surface area contributed by atoms with Gasteiger partial charge in [-0.05, 0) is 61.9 Å². The van der Waals surface area contributed by atoms with Crippen molar-refractivity contribution in [2.45, 2.75) is 37.9 Å². The highest BCUT2D eigenvalue weighted by Gasteiger charge is 2.22. The number of halogens is 3. The third kappa shape index (κ3) is 6.87. The summed E-state index contributed by atoms with van der Waals surface area (Å²) < 4.78 is 45.0. The maximum atomic E-state index is 13.8. The van der Waals surface area contributed by atoms with Crippen molar-refractivity contribution in [2.75, 3.05) is 5.32 Å². The molecule has 0 spiro atoms. The topological polar surface area (TPSA) is 103 Å². The van der Waals surface area contributed by atoms with Crippen molar-refractivity contribution >= 4 is 44.8 Å². The molecule has 11 heteroatoms. The lowest BCUT2D eigenvalue weighted by atomic mass is 10.1. The molecule has 39 heavy (non-hydrogen) atoms. The van der Waals surface area contributed by atoms with Gasteiger partial charge in [-0.15, -0.1) is 0 Å². The number of carbonyl (C=O) groups is 1. The number of carbonyl (C=O) groups excluding carboxylic acids is 1. The predicted molar refractivity (Wildman–Crippen MR) is 151 cm³/mol. The summed E-state index contributed by atoms with van der Waals surface area (Å²) in [6.07, 6.45) is 0.210. The summed E-state index contributed by atoms with van der Waals surface area (Å²) in [5.41, 5.74) is 3.47. The third-order valence-electron chi connectivity index (χ3n) is 6.09. The lowest BCUT2D eigenvalue weighted by molar-refractivity contribution is 0.0527. The molecule has 1 amide bonds. The van der Waals surface area contributed by atoms with E-state index < -0.39 is 21.7 Å². The molecule has 1 heterocycles. The standard InChI is InChI=1S/C28H26Cl2FN3O4S/c1-17(38-16-19-6-4-3-5-7-19)12-22-15-23(18(2)34(22)26-10-8-20(31)13-24(26)29)28(35)33-21-9-11-27(25(30)14-21)39(32,36)37/h3-11,13-15,17H,12,16H2,1-2H3,(H,33,35)(H2,32,36,37)/t17-/m0/s1. The fraction of sp³-hybridized carbons (Fsp3) is 0.179. The van der Waals surface area contributed by atoms with Gasteiger partial charge in [-0.2, -0.15) is 0 Å². The van der Waals surface area contributed by atoms with Crippen LogP contribution in [0.3, 0.4) is 0 Å². The van der Waals surface area contributed by atoms with Crippen molar-refractivity contribution in [1.82, 2.24) is 4.57 Å². The number of aromatic nitrogens is 1. The van der Waals surface area contributed by atoms with E-state index in [9.17, 15) is 17.6 Å². The van der Waals surface area contributed by atoms with Crippen LogP contribution in [0.25, 0.3) is 5.69 Å². The minimum Gasteiger partial charge on any atom is -0.373 e. The number of ether oxygens (including phenoxy) is 1. The molecule has 0 saturated carbocycles. The van der Waals surface area contributed by atoms with Crippen LogP contribution >= 0.6 is 23.2 Å². The quantitative estimate of drug-likeness (QED) is 0.240. The Balaban J connectivity index is 1.65. The Morgan fingerprint density at radius 2 is 1.77 bits per heavy atom. The molecular weight excluding hydrogens is 564 g/mol. The molecule has 0 aliphatic heterocycles. The summed E-state index contributed by atoms with van der Waals surface area (Å²) in [4.78, 5) is 13.1. The summed E-state index contributed by atoms with van der Waals surface area (Å²) in [5.74, 6) is -0.935. The minimum absolute atomic E-state index is 0.118. The van der Waals surface area contributed by atoms with Gasteiger partial charge < -0.3 is 14.6 Å². The van der Waals surface area contributed by atoms with E-state index >= 15 is 0 Å². The fourth-order valence-corrected chi connectivity index (χ4v) is 5.57. The van der Waals surface area contributed by atoms with E-state index in [-0.39, 0.29) is 26.7 Å². The van der Waals surface area contributed by atoms with Crippen molar-refractivity contribution in [2.24, 2.45) is 5.14 Å². The van der Waals surface area contributed by atoms with E-state index in [0.717, 1.165) is 11.3 Å². The largest absolute Gasteiger partial charge is 0.373 e. The normalized spacial score (nSPS) is 12.4. The number of benzene rings is 3. The molecule has 204 valence electrons. The number of anilines is 1. The molecule has 1 atom stereocenters. The van der Waals surface area contributed by atoms with Gasteiger partial charge in [-0.3, -0.25) is 4.79 Å². The maximum absolute atomic E-state index is 13.8. The number of hydrogen-bond donors (Lipinski definition) is 2. The Hall–Kier alpha value is -3.21. The highest BCUT2D eigenvalue weighted by molar-refractivity contribution is 7.89. The van der Waals surface area contributed by atoms with Gasteiger partial charge in [-0.25, -0.2) is 17.9 Å². The predicted octanol–water partition coefficient (Wildman–Crippen LogP) is 6.28. The molecule has 3 N–H and O–H groups in total. The van der Waals surface area contributed by atoms with Gasteiger partial charge in [0.25, 0.3) is 5.91 Å². The summed E-state index contributed by atoms with van der Waals surface area (Å²) >= 11 is 12.5. The highest BCUT2D eigenvalue weighted by atomic mass is 35.5. The molecule has 4 aromatic rings. The van der Waals surface area contributed by atoms with Gasteiger partial charge in [0, 0.05) is 23.5 Å². The first-order valence-electron chi connectivity index (χ1n) is 11.9. The Morgan fingerprint density at radius 3 is 2.41 bits per heavy atom. The molecule has 0 aliphatic carbocycles. The number of primary sulfonamides is 1. The first-order valence-corrected chi connectivity index (χ1v) is 14.2. The number of amides is 1. The Labute approximate surface area is 236 Å². The molecule has 0 bridgehead atoms. The van der Waals surface area contributed by atoms with Crippen LogP contribution in [0.4, 0.5) is 10.1 Å². The Morgan fingerprint density at radius 1 is 1.05 bits per heavy atom. The van der Waals surface area contributed by atoms with Crippen LogP contribution in [0.2, 0.25) is 10.0 Å². The van der Waals surface area contributed by atoms with Gasteiger partial charge >= 0.3 is 0 Å². The number of rotatable bonds is 9. The molecule has 0 unspecified atom stereocenters. The van der Waals surface area contributed by atoms with E-state index in [1.807, 2.05) is 37.3 Å². The van der Waals surface area contributed by atoms with Crippen molar-refractivity contribution in [1.29, 1.82) is 0 Å². The van der Waals surface area contributed by atoms with Crippen LogP contribution in [0.1, 0.15) is 34.2 Å². The second-order valence-corrected chi connectivity index (χ2v) is 11.4. The highest BCUT2D eigenvalue weighted by Crippen LogP contribution is 2.30. The zero-order valence-corrected chi connectivity index (χ0v) is 23.4. The van der Waals surface area contributed by atoms with Gasteiger partial charge in [-0.1, -0.05) is 53.5 Å².